The molecule has 1 aromatic carbocycles. The SMILES string of the molecule is Clc1nnc(NCCC2CCCCO2)c2ccccc12. The molecular weight excluding hydrogens is 274 g/mol. The summed E-state index contributed by atoms with van der Waals surface area (Å²) in [6.45, 7) is 1.74. The summed E-state index contributed by atoms with van der Waals surface area (Å²) in [6, 6.07) is 7.91. The Morgan fingerprint density at radius 2 is 2.05 bits per heavy atom. The summed E-state index contributed by atoms with van der Waals surface area (Å²) in [5.41, 5.74) is 0. The third kappa shape index (κ3) is 3.02. The van der Waals surface area contributed by atoms with Gasteiger partial charge in [-0.15, -0.1) is 10.2 Å². The number of fused-ring (bicyclic) bond motifs is 1. The van der Waals surface area contributed by atoms with E-state index >= 15 is 0 Å². The number of halogens is 1. The maximum absolute atomic E-state index is 6.06. The second-order valence-corrected chi connectivity index (χ2v) is 5.45. The van der Waals surface area contributed by atoms with Crippen LogP contribution >= 0.6 is 11.6 Å². The average Bonchev–Trinajstić information content (AvgIpc) is 2.51. The van der Waals surface area contributed by atoms with Gasteiger partial charge in [0.1, 0.15) is 0 Å². The van der Waals surface area contributed by atoms with Crippen molar-refractivity contribution in [3.63, 3.8) is 0 Å². The van der Waals surface area contributed by atoms with Crippen molar-refractivity contribution in [2.24, 2.45) is 0 Å². The summed E-state index contributed by atoms with van der Waals surface area (Å²) in [4.78, 5) is 0. The van der Waals surface area contributed by atoms with Gasteiger partial charge in [-0.05, 0) is 25.7 Å². The molecule has 0 amide bonds. The maximum Gasteiger partial charge on any atom is 0.159 e. The van der Waals surface area contributed by atoms with Gasteiger partial charge < -0.3 is 10.1 Å². The Bertz CT molecular complexity index is 584. The van der Waals surface area contributed by atoms with Crippen LogP contribution in [0.2, 0.25) is 5.15 Å². The van der Waals surface area contributed by atoms with E-state index in [2.05, 4.69) is 15.5 Å². The van der Waals surface area contributed by atoms with Crippen LogP contribution in [0.15, 0.2) is 24.3 Å². The second kappa shape index (κ2) is 6.37. The number of aromatic nitrogens is 2. The van der Waals surface area contributed by atoms with E-state index in [9.17, 15) is 0 Å². The Kier molecular flexibility index (Phi) is 4.33. The van der Waals surface area contributed by atoms with E-state index in [1.807, 2.05) is 24.3 Å². The molecule has 0 bridgehead atoms. The number of hydrogen-bond acceptors (Lipinski definition) is 4. The van der Waals surface area contributed by atoms with Crippen molar-refractivity contribution in [3.05, 3.63) is 29.4 Å². The van der Waals surface area contributed by atoms with E-state index in [1.54, 1.807) is 0 Å². The van der Waals surface area contributed by atoms with Crippen LogP contribution in [0.4, 0.5) is 5.82 Å². The van der Waals surface area contributed by atoms with Crippen molar-refractivity contribution in [1.82, 2.24) is 10.2 Å². The van der Waals surface area contributed by atoms with Gasteiger partial charge in [-0.25, -0.2) is 0 Å². The molecule has 0 aliphatic carbocycles. The summed E-state index contributed by atoms with van der Waals surface area (Å²) >= 11 is 6.06. The topological polar surface area (TPSA) is 47.0 Å². The highest BCUT2D eigenvalue weighted by molar-refractivity contribution is 6.34. The van der Waals surface area contributed by atoms with Crippen molar-refractivity contribution >= 4 is 28.2 Å². The number of ether oxygens (including phenoxy) is 1. The van der Waals surface area contributed by atoms with E-state index in [-0.39, 0.29) is 0 Å². The molecule has 2 heterocycles. The van der Waals surface area contributed by atoms with Gasteiger partial charge in [0.05, 0.1) is 6.10 Å². The largest absolute Gasteiger partial charge is 0.378 e. The van der Waals surface area contributed by atoms with Crippen molar-refractivity contribution in [2.75, 3.05) is 18.5 Å². The van der Waals surface area contributed by atoms with Crippen LogP contribution in [0.3, 0.4) is 0 Å². The lowest BCUT2D eigenvalue weighted by Crippen LogP contribution is -2.22. The third-order valence-corrected chi connectivity index (χ3v) is 3.95. The fraction of sp³-hybridized carbons (Fsp3) is 0.467. The smallest absolute Gasteiger partial charge is 0.159 e. The normalized spacial score (nSPS) is 19.1. The van der Waals surface area contributed by atoms with E-state index in [0.717, 1.165) is 42.6 Å². The molecule has 1 aliphatic rings. The summed E-state index contributed by atoms with van der Waals surface area (Å²) in [5, 5.41) is 13.9. The third-order valence-electron chi connectivity index (χ3n) is 3.67. The molecular formula is C15H18ClN3O. The molecule has 0 saturated carbocycles. The summed E-state index contributed by atoms with van der Waals surface area (Å²) in [7, 11) is 0. The van der Waals surface area contributed by atoms with Crippen LogP contribution in [0.5, 0.6) is 0 Å². The van der Waals surface area contributed by atoms with Crippen LogP contribution in [0.1, 0.15) is 25.7 Å². The summed E-state index contributed by atoms with van der Waals surface area (Å²) in [6.07, 6.45) is 5.00. The van der Waals surface area contributed by atoms with Crippen molar-refractivity contribution in [2.45, 2.75) is 31.8 Å². The number of rotatable bonds is 4. The zero-order valence-electron chi connectivity index (χ0n) is 11.3. The molecule has 106 valence electrons. The lowest BCUT2D eigenvalue weighted by molar-refractivity contribution is 0.0134. The molecule has 5 heteroatoms. The monoisotopic (exact) mass is 291 g/mol. The number of nitrogens with zero attached hydrogens (tertiary/aromatic N) is 2. The molecule has 1 unspecified atom stereocenters. The first-order valence-electron chi connectivity index (χ1n) is 7.11. The van der Waals surface area contributed by atoms with Crippen LogP contribution in [-0.2, 0) is 4.74 Å². The molecule has 1 fully saturated rings. The van der Waals surface area contributed by atoms with Gasteiger partial charge in [0.15, 0.2) is 11.0 Å². The molecule has 4 nitrogen and oxygen atoms in total. The van der Waals surface area contributed by atoms with Gasteiger partial charge in [0.25, 0.3) is 0 Å². The van der Waals surface area contributed by atoms with Crippen molar-refractivity contribution < 1.29 is 4.74 Å². The first kappa shape index (κ1) is 13.6. The molecule has 0 radical (unpaired) electrons. The highest BCUT2D eigenvalue weighted by atomic mass is 35.5. The van der Waals surface area contributed by atoms with Crippen LogP contribution in [0.25, 0.3) is 10.8 Å². The van der Waals surface area contributed by atoms with Gasteiger partial charge in [-0.1, -0.05) is 35.9 Å². The molecule has 1 atom stereocenters. The predicted molar refractivity (Wildman–Crippen MR) is 81.2 cm³/mol. The van der Waals surface area contributed by atoms with E-state index < -0.39 is 0 Å². The van der Waals surface area contributed by atoms with Gasteiger partial charge in [0, 0.05) is 23.9 Å². The minimum atomic E-state index is 0.378. The van der Waals surface area contributed by atoms with Crippen LogP contribution < -0.4 is 5.32 Å². The molecule has 3 rings (SSSR count). The molecule has 1 N–H and O–H groups in total. The van der Waals surface area contributed by atoms with Crippen molar-refractivity contribution in [3.8, 4) is 0 Å². The Labute approximate surface area is 123 Å². The second-order valence-electron chi connectivity index (χ2n) is 5.09. The summed E-state index contributed by atoms with van der Waals surface area (Å²) in [5.74, 6) is 0.792. The number of anilines is 1. The maximum atomic E-state index is 6.06. The van der Waals surface area contributed by atoms with E-state index in [0.29, 0.717) is 11.3 Å². The van der Waals surface area contributed by atoms with Gasteiger partial charge in [0.2, 0.25) is 0 Å². The first-order chi connectivity index (χ1) is 9.84. The summed E-state index contributed by atoms with van der Waals surface area (Å²) < 4.78 is 5.73. The number of benzene rings is 1. The molecule has 1 saturated heterocycles. The van der Waals surface area contributed by atoms with E-state index in [4.69, 9.17) is 16.3 Å². The molecule has 1 aliphatic heterocycles. The van der Waals surface area contributed by atoms with E-state index in [1.165, 1.54) is 12.8 Å². The predicted octanol–water partition coefficient (Wildman–Crippen LogP) is 3.65. The minimum absolute atomic E-state index is 0.378. The lowest BCUT2D eigenvalue weighted by atomic mass is 10.1. The molecule has 2 aromatic rings. The Morgan fingerprint density at radius 1 is 1.20 bits per heavy atom. The highest BCUT2D eigenvalue weighted by Crippen LogP contribution is 2.25. The van der Waals surface area contributed by atoms with Crippen LogP contribution in [0, 0.1) is 0 Å². The first-order valence-corrected chi connectivity index (χ1v) is 7.49. The highest BCUT2D eigenvalue weighted by Gasteiger charge is 2.13. The zero-order valence-corrected chi connectivity index (χ0v) is 12.1. The van der Waals surface area contributed by atoms with Crippen LogP contribution in [-0.4, -0.2) is 29.5 Å². The molecule has 20 heavy (non-hydrogen) atoms. The quantitative estimate of drug-likeness (QED) is 0.934. The zero-order chi connectivity index (χ0) is 13.8. The Morgan fingerprint density at radius 3 is 2.85 bits per heavy atom. The average molecular weight is 292 g/mol. The number of nitrogens with one attached hydrogen (secondary N) is 1. The molecule has 0 spiro atoms. The fourth-order valence-corrected chi connectivity index (χ4v) is 2.79. The fourth-order valence-electron chi connectivity index (χ4n) is 2.59. The van der Waals surface area contributed by atoms with Crippen molar-refractivity contribution in [1.29, 1.82) is 0 Å². The Balaban J connectivity index is 1.67. The van der Waals surface area contributed by atoms with Gasteiger partial charge in [-0.3, -0.25) is 0 Å². The minimum Gasteiger partial charge on any atom is -0.378 e. The Hall–Kier alpha value is -1.39. The lowest BCUT2D eigenvalue weighted by Gasteiger charge is -2.22. The van der Waals surface area contributed by atoms with Gasteiger partial charge in [-0.2, -0.15) is 0 Å². The number of hydrogen-bond donors (Lipinski definition) is 1. The standard InChI is InChI=1S/C15H18ClN3O/c16-14-12-6-1-2-7-13(12)15(19-18-14)17-9-8-11-5-3-4-10-20-11/h1-2,6-7,11H,3-5,8-10H2,(H,17,19). The molecule has 1 aromatic heterocycles. The van der Waals surface area contributed by atoms with Gasteiger partial charge >= 0.3 is 0 Å².